The zero-order valence-corrected chi connectivity index (χ0v) is 11.9. The third kappa shape index (κ3) is 2.14. The van der Waals surface area contributed by atoms with Crippen LogP contribution in [0, 0.1) is 0 Å². The number of fused-ring (bicyclic) bond motifs is 1. The van der Waals surface area contributed by atoms with Gasteiger partial charge in [0.1, 0.15) is 0 Å². The Hall–Kier alpha value is -1.99. The average Bonchev–Trinajstić information content (AvgIpc) is 2.96. The molecule has 3 N–H and O–H groups in total. The van der Waals surface area contributed by atoms with Gasteiger partial charge < -0.3 is 10.3 Å². The molecule has 2 aromatic rings. The zero-order chi connectivity index (χ0) is 14.1. The molecule has 104 valence electrons. The first kappa shape index (κ1) is 13.0. The summed E-state index contributed by atoms with van der Waals surface area (Å²) in [7, 11) is 0. The number of rotatable bonds is 2. The summed E-state index contributed by atoms with van der Waals surface area (Å²) in [6, 6.07) is 5.45. The highest BCUT2D eigenvalue weighted by atomic mass is 32.1. The number of nitrogens with two attached hydrogens (primary N) is 1. The highest BCUT2D eigenvalue weighted by molar-refractivity contribution is 7.10. The van der Waals surface area contributed by atoms with E-state index in [1.54, 1.807) is 23.5 Å². The summed E-state index contributed by atoms with van der Waals surface area (Å²) < 4.78 is 0. The van der Waals surface area contributed by atoms with Crippen LogP contribution in [-0.4, -0.2) is 27.5 Å². The van der Waals surface area contributed by atoms with Crippen LogP contribution in [0.4, 0.5) is 5.82 Å². The third-order valence-electron chi connectivity index (χ3n) is 3.57. The van der Waals surface area contributed by atoms with Gasteiger partial charge in [-0.25, -0.2) is 5.84 Å². The van der Waals surface area contributed by atoms with E-state index in [-0.39, 0.29) is 11.9 Å². The van der Waals surface area contributed by atoms with Gasteiger partial charge in [-0.15, -0.1) is 21.5 Å². The molecule has 20 heavy (non-hydrogen) atoms. The summed E-state index contributed by atoms with van der Waals surface area (Å²) in [5.41, 5.74) is 3.97. The Morgan fingerprint density at radius 3 is 3.00 bits per heavy atom. The molecule has 0 fully saturated rings. The standard InChI is InChI=1S/C13H15N5OS/c1-8-9-5-7-20-11(9)4-6-18(8)13(19)10-2-3-12(15-14)17-16-10/h2-3,5,7-8H,4,6,14H2,1H3,(H,15,17). The van der Waals surface area contributed by atoms with E-state index >= 15 is 0 Å². The number of hydrazine groups is 1. The van der Waals surface area contributed by atoms with E-state index in [1.807, 2.05) is 11.8 Å². The van der Waals surface area contributed by atoms with Gasteiger partial charge in [-0.3, -0.25) is 4.79 Å². The van der Waals surface area contributed by atoms with Crippen LogP contribution in [0.15, 0.2) is 23.6 Å². The quantitative estimate of drug-likeness (QED) is 0.648. The predicted octanol–water partition coefficient (Wildman–Crippen LogP) is 1.58. The lowest BCUT2D eigenvalue weighted by atomic mass is 10.0. The predicted molar refractivity (Wildman–Crippen MR) is 77.3 cm³/mol. The fraction of sp³-hybridized carbons (Fsp3) is 0.308. The topological polar surface area (TPSA) is 84.1 Å². The van der Waals surface area contributed by atoms with Crippen molar-refractivity contribution in [3.8, 4) is 0 Å². The van der Waals surface area contributed by atoms with Gasteiger partial charge in [0.2, 0.25) is 0 Å². The number of nitrogens with zero attached hydrogens (tertiary/aromatic N) is 3. The van der Waals surface area contributed by atoms with Gasteiger partial charge in [-0.05, 0) is 42.5 Å². The van der Waals surface area contributed by atoms with Gasteiger partial charge in [0.05, 0.1) is 6.04 Å². The number of thiophene rings is 1. The maximum Gasteiger partial charge on any atom is 0.274 e. The van der Waals surface area contributed by atoms with Crippen LogP contribution in [0.5, 0.6) is 0 Å². The van der Waals surface area contributed by atoms with Crippen molar-refractivity contribution in [3.05, 3.63) is 39.7 Å². The van der Waals surface area contributed by atoms with E-state index < -0.39 is 0 Å². The average molecular weight is 289 g/mol. The number of amides is 1. The molecule has 1 aliphatic heterocycles. The van der Waals surface area contributed by atoms with Crippen molar-refractivity contribution in [1.29, 1.82) is 0 Å². The Balaban J connectivity index is 1.84. The Labute approximate surface area is 120 Å². The number of aromatic nitrogens is 2. The first-order chi connectivity index (χ1) is 9.70. The molecule has 3 heterocycles. The second-order valence-electron chi connectivity index (χ2n) is 4.67. The molecule has 1 unspecified atom stereocenters. The minimum Gasteiger partial charge on any atom is -0.330 e. The largest absolute Gasteiger partial charge is 0.330 e. The van der Waals surface area contributed by atoms with Crippen molar-refractivity contribution in [2.75, 3.05) is 12.0 Å². The van der Waals surface area contributed by atoms with E-state index in [0.29, 0.717) is 18.1 Å². The number of carbonyl (C=O) groups is 1. The number of anilines is 1. The Bertz CT molecular complexity index is 624. The molecule has 0 saturated carbocycles. The lowest BCUT2D eigenvalue weighted by Gasteiger charge is -2.33. The highest BCUT2D eigenvalue weighted by Crippen LogP contribution is 2.33. The van der Waals surface area contributed by atoms with Crippen molar-refractivity contribution in [2.45, 2.75) is 19.4 Å². The fourth-order valence-corrected chi connectivity index (χ4v) is 3.42. The minimum absolute atomic E-state index is 0.0756. The Kier molecular flexibility index (Phi) is 3.37. The van der Waals surface area contributed by atoms with Crippen LogP contribution in [0.1, 0.15) is 33.9 Å². The Morgan fingerprint density at radius 1 is 1.45 bits per heavy atom. The number of nitrogen functional groups attached to an aromatic ring is 1. The van der Waals surface area contributed by atoms with Crippen molar-refractivity contribution in [2.24, 2.45) is 5.84 Å². The molecule has 0 spiro atoms. The summed E-state index contributed by atoms with van der Waals surface area (Å²) in [5, 5.41) is 9.84. The van der Waals surface area contributed by atoms with E-state index in [9.17, 15) is 4.79 Å². The molecule has 1 atom stereocenters. The number of hydrogen-bond acceptors (Lipinski definition) is 6. The van der Waals surface area contributed by atoms with Crippen LogP contribution in [0.2, 0.25) is 0 Å². The molecule has 1 amide bonds. The van der Waals surface area contributed by atoms with E-state index in [0.717, 1.165) is 6.42 Å². The van der Waals surface area contributed by atoms with E-state index in [1.165, 1.54) is 10.4 Å². The molecule has 0 bridgehead atoms. The van der Waals surface area contributed by atoms with Gasteiger partial charge in [-0.1, -0.05) is 0 Å². The first-order valence-electron chi connectivity index (χ1n) is 6.38. The van der Waals surface area contributed by atoms with Gasteiger partial charge in [0, 0.05) is 11.4 Å². The number of carbonyl (C=O) groups excluding carboxylic acids is 1. The first-order valence-corrected chi connectivity index (χ1v) is 7.26. The molecule has 6 nitrogen and oxygen atoms in total. The van der Waals surface area contributed by atoms with Crippen molar-refractivity contribution < 1.29 is 4.79 Å². The van der Waals surface area contributed by atoms with Gasteiger partial charge in [0.25, 0.3) is 5.91 Å². The molecule has 0 aromatic carbocycles. The monoisotopic (exact) mass is 289 g/mol. The second-order valence-corrected chi connectivity index (χ2v) is 5.67. The van der Waals surface area contributed by atoms with E-state index in [4.69, 9.17) is 5.84 Å². The number of nitrogens with one attached hydrogen (secondary N) is 1. The molecule has 3 rings (SSSR count). The molecule has 7 heteroatoms. The van der Waals surface area contributed by atoms with Crippen LogP contribution < -0.4 is 11.3 Å². The Morgan fingerprint density at radius 2 is 2.30 bits per heavy atom. The molecular weight excluding hydrogens is 274 g/mol. The van der Waals surface area contributed by atoms with E-state index in [2.05, 4.69) is 27.1 Å². The summed E-state index contributed by atoms with van der Waals surface area (Å²) in [6.45, 7) is 2.76. The van der Waals surface area contributed by atoms with Gasteiger partial charge in [0.15, 0.2) is 11.5 Å². The zero-order valence-electron chi connectivity index (χ0n) is 11.0. The van der Waals surface area contributed by atoms with Crippen LogP contribution in [-0.2, 0) is 6.42 Å². The highest BCUT2D eigenvalue weighted by Gasteiger charge is 2.29. The maximum atomic E-state index is 12.5. The van der Waals surface area contributed by atoms with Crippen molar-refractivity contribution in [3.63, 3.8) is 0 Å². The molecule has 1 aliphatic rings. The normalized spacial score (nSPS) is 17.7. The molecule has 2 aromatic heterocycles. The molecule has 0 aliphatic carbocycles. The summed E-state index contributed by atoms with van der Waals surface area (Å²) in [4.78, 5) is 15.7. The SMILES string of the molecule is CC1c2ccsc2CCN1C(=O)c1ccc(NN)nn1. The fourth-order valence-electron chi connectivity index (χ4n) is 2.46. The van der Waals surface area contributed by atoms with Gasteiger partial charge in [-0.2, -0.15) is 0 Å². The van der Waals surface area contributed by atoms with Gasteiger partial charge >= 0.3 is 0 Å². The van der Waals surface area contributed by atoms with Crippen molar-refractivity contribution in [1.82, 2.24) is 15.1 Å². The summed E-state index contributed by atoms with van der Waals surface area (Å²) in [5.74, 6) is 5.58. The molecule has 0 radical (unpaired) electrons. The third-order valence-corrected chi connectivity index (χ3v) is 4.57. The van der Waals surface area contributed by atoms with Crippen LogP contribution >= 0.6 is 11.3 Å². The smallest absolute Gasteiger partial charge is 0.274 e. The minimum atomic E-state index is -0.0922. The lowest BCUT2D eigenvalue weighted by molar-refractivity contribution is 0.0672. The lowest BCUT2D eigenvalue weighted by Crippen LogP contribution is -2.38. The van der Waals surface area contributed by atoms with Crippen molar-refractivity contribution >= 4 is 23.1 Å². The van der Waals surface area contributed by atoms with Crippen LogP contribution in [0.3, 0.4) is 0 Å². The molecule has 0 saturated heterocycles. The number of hydrogen-bond donors (Lipinski definition) is 2. The summed E-state index contributed by atoms with van der Waals surface area (Å²) >= 11 is 1.76. The van der Waals surface area contributed by atoms with Crippen LogP contribution in [0.25, 0.3) is 0 Å². The second kappa shape index (κ2) is 5.18. The molecular formula is C13H15N5OS. The maximum absolute atomic E-state index is 12.5. The summed E-state index contributed by atoms with van der Waals surface area (Å²) in [6.07, 6.45) is 0.902.